The molecule has 1 heterocycles. The van der Waals surface area contributed by atoms with E-state index < -0.39 is 0 Å². The number of aromatic amines is 1. The molecule has 0 aliphatic carbocycles. The highest BCUT2D eigenvalue weighted by Gasteiger charge is 2.14. The summed E-state index contributed by atoms with van der Waals surface area (Å²) in [4.78, 5) is 23.2. The van der Waals surface area contributed by atoms with E-state index in [2.05, 4.69) is 34.7 Å². The first-order valence-corrected chi connectivity index (χ1v) is 7.12. The molecule has 3 N–H and O–H groups in total. The quantitative estimate of drug-likeness (QED) is 0.811. The van der Waals surface area contributed by atoms with Gasteiger partial charge in [-0.25, -0.2) is 0 Å². The molecule has 2 rings (SSSR count). The van der Waals surface area contributed by atoms with Crippen molar-refractivity contribution in [2.75, 3.05) is 10.6 Å². The molecule has 0 radical (unpaired) electrons. The number of hydrogen-bond acceptors (Lipinski definition) is 3. The molecule has 0 spiro atoms. The lowest BCUT2D eigenvalue weighted by Crippen LogP contribution is -2.13. The summed E-state index contributed by atoms with van der Waals surface area (Å²) in [6.07, 6.45) is 0. The molecule has 0 unspecified atom stereocenters. The van der Waals surface area contributed by atoms with Gasteiger partial charge in [-0.1, -0.05) is 13.8 Å². The number of H-pyrrole nitrogens is 1. The van der Waals surface area contributed by atoms with Gasteiger partial charge in [0.1, 0.15) is 0 Å². The van der Waals surface area contributed by atoms with Crippen LogP contribution in [-0.4, -0.2) is 22.0 Å². The van der Waals surface area contributed by atoms with Crippen LogP contribution in [-0.2, 0) is 4.79 Å². The van der Waals surface area contributed by atoms with E-state index in [1.54, 1.807) is 24.3 Å². The highest BCUT2D eigenvalue weighted by molar-refractivity contribution is 6.04. The molecule has 2 aromatic rings. The lowest BCUT2D eigenvalue weighted by Gasteiger charge is -2.06. The Balaban J connectivity index is 2.10. The summed E-state index contributed by atoms with van der Waals surface area (Å²) in [6, 6.07) is 6.69. The van der Waals surface area contributed by atoms with Crippen LogP contribution in [0.5, 0.6) is 0 Å². The third-order valence-corrected chi connectivity index (χ3v) is 3.32. The van der Waals surface area contributed by atoms with Crippen LogP contribution in [0.25, 0.3) is 0 Å². The first-order chi connectivity index (χ1) is 10.4. The van der Waals surface area contributed by atoms with Crippen molar-refractivity contribution < 1.29 is 9.59 Å². The zero-order valence-electron chi connectivity index (χ0n) is 13.2. The molecule has 1 aromatic carbocycles. The molecule has 0 saturated carbocycles. The van der Waals surface area contributed by atoms with Crippen molar-refractivity contribution in [2.24, 2.45) is 0 Å². The van der Waals surface area contributed by atoms with E-state index in [4.69, 9.17) is 0 Å². The van der Waals surface area contributed by atoms with Crippen LogP contribution in [0.15, 0.2) is 24.3 Å². The van der Waals surface area contributed by atoms with Crippen LogP contribution in [0.3, 0.4) is 0 Å². The van der Waals surface area contributed by atoms with Crippen molar-refractivity contribution in [3.8, 4) is 0 Å². The second kappa shape index (κ2) is 6.43. The Morgan fingerprint density at radius 2 is 1.77 bits per heavy atom. The van der Waals surface area contributed by atoms with E-state index in [1.165, 1.54) is 6.92 Å². The molecule has 116 valence electrons. The minimum absolute atomic E-state index is 0.148. The van der Waals surface area contributed by atoms with Crippen molar-refractivity contribution in [1.82, 2.24) is 10.2 Å². The second-order valence-corrected chi connectivity index (χ2v) is 5.48. The normalized spacial score (nSPS) is 10.6. The van der Waals surface area contributed by atoms with E-state index in [1.807, 2.05) is 6.92 Å². The van der Waals surface area contributed by atoms with Gasteiger partial charge in [-0.15, -0.1) is 0 Å². The van der Waals surface area contributed by atoms with Crippen LogP contribution in [0.2, 0.25) is 0 Å². The Kier molecular flexibility index (Phi) is 4.60. The van der Waals surface area contributed by atoms with Gasteiger partial charge in [-0.3, -0.25) is 14.7 Å². The number of anilines is 2. The zero-order chi connectivity index (χ0) is 16.3. The fourth-order valence-corrected chi connectivity index (χ4v) is 2.18. The highest BCUT2D eigenvalue weighted by Crippen LogP contribution is 2.22. The topological polar surface area (TPSA) is 86.9 Å². The summed E-state index contributed by atoms with van der Waals surface area (Å²) >= 11 is 0. The Bertz CT molecular complexity index is 687. The Hall–Kier alpha value is -2.63. The molecule has 6 heteroatoms. The van der Waals surface area contributed by atoms with Gasteiger partial charge in [-0.2, -0.15) is 5.10 Å². The molecule has 0 aliphatic heterocycles. The van der Waals surface area contributed by atoms with Crippen molar-refractivity contribution in [3.63, 3.8) is 0 Å². The number of carbonyl (C=O) groups excluding carboxylic acids is 2. The summed E-state index contributed by atoms with van der Waals surface area (Å²) in [5.74, 6) is 0.472. The predicted molar refractivity (Wildman–Crippen MR) is 86.1 cm³/mol. The third-order valence-electron chi connectivity index (χ3n) is 3.32. The Morgan fingerprint density at radius 3 is 2.27 bits per heavy atom. The molecular weight excluding hydrogens is 280 g/mol. The molecule has 0 saturated heterocycles. The Morgan fingerprint density at radius 1 is 1.14 bits per heavy atom. The van der Waals surface area contributed by atoms with E-state index >= 15 is 0 Å². The van der Waals surface area contributed by atoms with Crippen molar-refractivity contribution in [2.45, 2.75) is 33.6 Å². The standard InChI is InChI=1S/C16H20N4O2/c1-9(2)14-10(3)15(20-19-14)18-16(22)12-5-7-13(8-6-12)17-11(4)21/h5-9H,1-4H3,(H,17,21)(H2,18,19,20,22). The van der Waals surface area contributed by atoms with Crippen molar-refractivity contribution in [3.05, 3.63) is 41.1 Å². The second-order valence-electron chi connectivity index (χ2n) is 5.48. The van der Waals surface area contributed by atoms with E-state index in [-0.39, 0.29) is 11.8 Å². The van der Waals surface area contributed by atoms with Gasteiger partial charge in [0.2, 0.25) is 5.91 Å². The van der Waals surface area contributed by atoms with Gasteiger partial charge >= 0.3 is 0 Å². The molecule has 0 fully saturated rings. The largest absolute Gasteiger partial charge is 0.326 e. The number of amides is 2. The monoisotopic (exact) mass is 300 g/mol. The number of carbonyl (C=O) groups is 2. The van der Waals surface area contributed by atoms with Gasteiger partial charge < -0.3 is 10.6 Å². The van der Waals surface area contributed by atoms with Crippen LogP contribution in [0.1, 0.15) is 48.3 Å². The number of nitrogens with one attached hydrogen (secondary N) is 3. The van der Waals surface area contributed by atoms with Crippen LogP contribution in [0, 0.1) is 6.92 Å². The van der Waals surface area contributed by atoms with E-state index in [0.29, 0.717) is 23.0 Å². The summed E-state index contributed by atoms with van der Waals surface area (Å²) in [5.41, 5.74) is 3.11. The van der Waals surface area contributed by atoms with Gasteiger partial charge in [0.15, 0.2) is 5.82 Å². The van der Waals surface area contributed by atoms with Crippen LogP contribution in [0.4, 0.5) is 11.5 Å². The molecule has 0 aliphatic rings. The summed E-state index contributed by atoms with van der Waals surface area (Å²) in [5, 5.41) is 12.5. The lowest BCUT2D eigenvalue weighted by molar-refractivity contribution is -0.114. The fraction of sp³-hybridized carbons (Fsp3) is 0.312. The van der Waals surface area contributed by atoms with Crippen molar-refractivity contribution in [1.29, 1.82) is 0 Å². The first kappa shape index (κ1) is 15.8. The van der Waals surface area contributed by atoms with E-state index in [0.717, 1.165) is 11.3 Å². The predicted octanol–water partition coefficient (Wildman–Crippen LogP) is 3.05. The number of rotatable bonds is 4. The fourth-order valence-electron chi connectivity index (χ4n) is 2.18. The zero-order valence-corrected chi connectivity index (χ0v) is 13.2. The van der Waals surface area contributed by atoms with Crippen LogP contribution >= 0.6 is 0 Å². The third kappa shape index (κ3) is 3.52. The van der Waals surface area contributed by atoms with Crippen LogP contribution < -0.4 is 10.6 Å². The average Bonchev–Trinajstić information content (AvgIpc) is 2.80. The maximum atomic E-state index is 12.2. The summed E-state index contributed by atoms with van der Waals surface area (Å²) in [7, 11) is 0. The maximum Gasteiger partial charge on any atom is 0.256 e. The maximum absolute atomic E-state index is 12.2. The van der Waals surface area contributed by atoms with Gasteiger partial charge in [0, 0.05) is 29.4 Å². The van der Waals surface area contributed by atoms with Gasteiger partial charge in [-0.05, 0) is 37.1 Å². The molecule has 2 amide bonds. The van der Waals surface area contributed by atoms with Gasteiger partial charge in [0.05, 0.1) is 0 Å². The number of nitrogens with zero attached hydrogens (tertiary/aromatic N) is 1. The molecule has 1 aromatic heterocycles. The number of aromatic nitrogens is 2. The van der Waals surface area contributed by atoms with E-state index in [9.17, 15) is 9.59 Å². The summed E-state index contributed by atoms with van der Waals surface area (Å²) < 4.78 is 0. The number of hydrogen-bond donors (Lipinski definition) is 3. The minimum Gasteiger partial charge on any atom is -0.326 e. The van der Waals surface area contributed by atoms with Gasteiger partial charge in [0.25, 0.3) is 5.91 Å². The molecule has 22 heavy (non-hydrogen) atoms. The smallest absolute Gasteiger partial charge is 0.256 e. The minimum atomic E-state index is -0.237. The molecular formula is C16H20N4O2. The Labute approximate surface area is 129 Å². The lowest BCUT2D eigenvalue weighted by atomic mass is 10.1. The highest BCUT2D eigenvalue weighted by atomic mass is 16.2. The average molecular weight is 300 g/mol. The summed E-state index contributed by atoms with van der Waals surface area (Å²) in [6.45, 7) is 7.49. The molecule has 0 atom stereocenters. The SMILES string of the molecule is CC(=O)Nc1ccc(C(=O)Nc2n[nH]c(C(C)C)c2C)cc1. The number of benzene rings is 1. The molecule has 6 nitrogen and oxygen atoms in total. The van der Waals surface area contributed by atoms with Crippen molar-refractivity contribution >= 4 is 23.3 Å². The molecule has 0 bridgehead atoms. The first-order valence-electron chi connectivity index (χ1n) is 7.12.